The second-order valence-electron chi connectivity index (χ2n) is 10.3. The third-order valence-corrected chi connectivity index (χ3v) is 7.64. The summed E-state index contributed by atoms with van der Waals surface area (Å²) in [5, 5.41) is 0. The number of benzene rings is 4. The van der Waals surface area contributed by atoms with Gasteiger partial charge in [0.2, 0.25) is 0 Å². The van der Waals surface area contributed by atoms with Gasteiger partial charge in [0.1, 0.15) is 0 Å². The Labute approximate surface area is 230 Å². The van der Waals surface area contributed by atoms with Crippen LogP contribution in [-0.2, 0) is 0 Å². The van der Waals surface area contributed by atoms with Gasteiger partial charge in [-0.3, -0.25) is 28.9 Å². The second kappa shape index (κ2) is 8.95. The van der Waals surface area contributed by atoms with Gasteiger partial charge in [-0.05, 0) is 79.4 Å². The fourth-order valence-corrected chi connectivity index (χ4v) is 5.49. The van der Waals surface area contributed by atoms with Gasteiger partial charge in [0.15, 0.2) is 5.78 Å². The first kappa shape index (κ1) is 25.1. The Morgan fingerprint density at radius 3 is 1.60 bits per heavy atom. The molecular formula is C33H24N2O5. The molecule has 2 aliphatic heterocycles. The maximum absolute atomic E-state index is 13.5. The number of amides is 4. The molecule has 4 aromatic carbocycles. The van der Waals surface area contributed by atoms with Crippen LogP contribution in [0.15, 0.2) is 72.8 Å². The zero-order chi connectivity index (χ0) is 28.5. The average Bonchev–Trinajstić information content (AvgIpc) is 3.32. The molecule has 0 bridgehead atoms. The number of rotatable bonds is 4. The van der Waals surface area contributed by atoms with Gasteiger partial charge in [0.25, 0.3) is 23.6 Å². The Morgan fingerprint density at radius 1 is 0.525 bits per heavy atom. The van der Waals surface area contributed by atoms with Gasteiger partial charge >= 0.3 is 0 Å². The molecule has 0 saturated carbocycles. The summed E-state index contributed by atoms with van der Waals surface area (Å²) in [6.07, 6.45) is 0. The van der Waals surface area contributed by atoms with Crippen LogP contribution in [0.25, 0.3) is 11.1 Å². The molecular weight excluding hydrogens is 504 g/mol. The van der Waals surface area contributed by atoms with E-state index in [-0.39, 0.29) is 33.4 Å². The summed E-state index contributed by atoms with van der Waals surface area (Å²) in [5.74, 6) is -2.28. The average molecular weight is 529 g/mol. The molecule has 0 fully saturated rings. The third kappa shape index (κ3) is 3.70. The highest BCUT2D eigenvalue weighted by atomic mass is 16.2. The van der Waals surface area contributed by atoms with E-state index in [1.54, 1.807) is 6.07 Å². The van der Waals surface area contributed by atoms with Crippen molar-refractivity contribution in [1.29, 1.82) is 0 Å². The lowest BCUT2D eigenvalue weighted by atomic mass is 9.95. The number of carbonyl (C=O) groups is 5. The minimum absolute atomic E-state index is 0.138. The maximum atomic E-state index is 13.5. The minimum Gasteiger partial charge on any atom is -0.289 e. The third-order valence-electron chi connectivity index (χ3n) is 7.64. The zero-order valence-electron chi connectivity index (χ0n) is 22.4. The second-order valence-corrected chi connectivity index (χ2v) is 10.3. The molecule has 4 aromatic rings. The molecule has 40 heavy (non-hydrogen) atoms. The molecule has 0 unspecified atom stereocenters. The number of aryl methyl sites for hydroxylation is 3. The quantitative estimate of drug-likeness (QED) is 0.256. The lowest BCUT2D eigenvalue weighted by Crippen LogP contribution is -2.29. The highest BCUT2D eigenvalue weighted by molar-refractivity contribution is 6.35. The van der Waals surface area contributed by atoms with Gasteiger partial charge in [0.05, 0.1) is 27.9 Å². The van der Waals surface area contributed by atoms with Gasteiger partial charge in [-0.1, -0.05) is 42.0 Å². The summed E-state index contributed by atoms with van der Waals surface area (Å²) >= 11 is 0. The van der Waals surface area contributed by atoms with Crippen LogP contribution >= 0.6 is 0 Å². The van der Waals surface area contributed by atoms with Crippen LogP contribution in [0.4, 0.5) is 5.69 Å². The van der Waals surface area contributed by atoms with Crippen LogP contribution in [0.2, 0.25) is 0 Å². The molecule has 0 spiro atoms. The van der Waals surface area contributed by atoms with Crippen LogP contribution in [-0.4, -0.2) is 41.4 Å². The van der Waals surface area contributed by atoms with E-state index in [4.69, 9.17) is 0 Å². The van der Waals surface area contributed by atoms with E-state index in [1.165, 1.54) is 49.0 Å². The van der Waals surface area contributed by atoms with Crippen molar-refractivity contribution < 1.29 is 24.0 Å². The summed E-state index contributed by atoms with van der Waals surface area (Å²) in [4.78, 5) is 66.7. The van der Waals surface area contributed by atoms with E-state index in [0.717, 1.165) is 32.1 Å². The van der Waals surface area contributed by atoms with Crippen molar-refractivity contribution in [3.63, 3.8) is 0 Å². The molecule has 4 amide bonds. The number of hydrogen-bond acceptors (Lipinski definition) is 5. The Hall–Kier alpha value is -5.17. The fraction of sp³-hybridized carbons (Fsp3) is 0.121. The molecule has 7 nitrogen and oxygen atoms in total. The molecule has 6 rings (SSSR count). The van der Waals surface area contributed by atoms with Gasteiger partial charge < -0.3 is 0 Å². The molecule has 0 N–H and O–H groups in total. The zero-order valence-corrected chi connectivity index (χ0v) is 22.4. The molecule has 0 radical (unpaired) electrons. The van der Waals surface area contributed by atoms with Crippen molar-refractivity contribution in [2.45, 2.75) is 20.8 Å². The maximum Gasteiger partial charge on any atom is 0.266 e. The van der Waals surface area contributed by atoms with E-state index in [1.807, 2.05) is 26.0 Å². The minimum atomic E-state index is -0.510. The van der Waals surface area contributed by atoms with E-state index >= 15 is 0 Å². The molecule has 2 heterocycles. The number of fused-ring (bicyclic) bond motifs is 2. The first-order chi connectivity index (χ1) is 19.1. The molecule has 0 aliphatic carbocycles. The molecule has 0 aromatic heterocycles. The highest BCUT2D eigenvalue weighted by Crippen LogP contribution is 2.34. The van der Waals surface area contributed by atoms with Gasteiger partial charge in [0, 0.05) is 18.2 Å². The van der Waals surface area contributed by atoms with Crippen LogP contribution < -0.4 is 4.90 Å². The number of carbonyl (C=O) groups excluding carboxylic acids is 5. The van der Waals surface area contributed by atoms with Gasteiger partial charge in [-0.25, -0.2) is 4.90 Å². The van der Waals surface area contributed by atoms with Crippen LogP contribution in [0.3, 0.4) is 0 Å². The fourth-order valence-electron chi connectivity index (χ4n) is 5.49. The van der Waals surface area contributed by atoms with E-state index in [0.29, 0.717) is 5.69 Å². The van der Waals surface area contributed by atoms with Gasteiger partial charge in [-0.2, -0.15) is 0 Å². The predicted molar refractivity (Wildman–Crippen MR) is 150 cm³/mol. The first-order valence-electron chi connectivity index (χ1n) is 12.8. The lowest BCUT2D eigenvalue weighted by molar-refractivity contribution is 0.0692. The van der Waals surface area contributed by atoms with Crippen molar-refractivity contribution in [1.82, 2.24) is 4.90 Å². The van der Waals surface area contributed by atoms with Gasteiger partial charge in [-0.15, -0.1) is 0 Å². The van der Waals surface area contributed by atoms with E-state index < -0.39 is 29.4 Å². The normalized spacial score (nSPS) is 14.2. The van der Waals surface area contributed by atoms with Crippen LogP contribution in [0, 0.1) is 20.8 Å². The molecule has 0 saturated heterocycles. The van der Waals surface area contributed by atoms with Crippen LogP contribution in [0.1, 0.15) is 74.0 Å². The number of anilines is 1. The number of ketones is 1. The summed E-state index contributed by atoms with van der Waals surface area (Å²) < 4.78 is 0. The summed E-state index contributed by atoms with van der Waals surface area (Å²) in [6.45, 7) is 6.04. The Kier molecular flexibility index (Phi) is 5.62. The molecule has 0 atom stereocenters. The number of hydrogen-bond donors (Lipinski definition) is 0. The predicted octanol–water partition coefficient (Wildman–Crippen LogP) is 5.54. The van der Waals surface area contributed by atoms with Crippen molar-refractivity contribution in [3.8, 4) is 11.1 Å². The smallest absolute Gasteiger partial charge is 0.266 e. The molecule has 196 valence electrons. The van der Waals surface area contributed by atoms with E-state index in [9.17, 15) is 24.0 Å². The highest BCUT2D eigenvalue weighted by Gasteiger charge is 2.38. The Morgan fingerprint density at radius 2 is 1.00 bits per heavy atom. The Bertz CT molecular complexity index is 1850. The summed E-state index contributed by atoms with van der Waals surface area (Å²) in [7, 11) is 1.39. The molecule has 7 heteroatoms. The number of imide groups is 2. The standard InChI is InChI=1S/C33H24N2O5/c1-17-5-9-23(18(2)13-17)24-12-8-22(14-19(24)3)35-32(39)26-11-7-21(16-28(26)33(35)40)29(36)20-6-10-25-27(15-20)31(38)34(4)30(25)37/h5-16H,1-4H3. The molecule has 2 aliphatic rings. The van der Waals surface area contributed by atoms with Crippen molar-refractivity contribution in [2.24, 2.45) is 0 Å². The van der Waals surface area contributed by atoms with Crippen molar-refractivity contribution >= 4 is 35.1 Å². The topological polar surface area (TPSA) is 91.8 Å². The SMILES string of the molecule is Cc1ccc(-c2ccc(N3C(=O)c4ccc(C(=O)c5ccc6c(c5)C(=O)N(C)C6=O)cc4C3=O)cc2C)c(C)c1. The summed E-state index contributed by atoms with van der Waals surface area (Å²) in [5.41, 5.74) is 6.97. The number of nitrogens with zero attached hydrogens (tertiary/aromatic N) is 2. The van der Waals surface area contributed by atoms with Crippen LogP contribution in [0.5, 0.6) is 0 Å². The monoisotopic (exact) mass is 528 g/mol. The first-order valence-corrected chi connectivity index (χ1v) is 12.8. The van der Waals surface area contributed by atoms with E-state index in [2.05, 4.69) is 25.1 Å². The van der Waals surface area contributed by atoms with Crippen molar-refractivity contribution in [3.05, 3.63) is 123 Å². The van der Waals surface area contributed by atoms with Crippen molar-refractivity contribution in [2.75, 3.05) is 11.9 Å². The largest absolute Gasteiger partial charge is 0.289 e. The summed E-state index contributed by atoms with van der Waals surface area (Å²) in [6, 6.07) is 20.5. The lowest BCUT2D eigenvalue weighted by Gasteiger charge is -2.17. The Balaban J connectivity index is 1.31.